The minimum absolute atomic E-state index is 0.251. The number of fused-ring (bicyclic) bond motifs is 1. The van der Waals surface area contributed by atoms with Crippen LogP contribution >= 0.6 is 0 Å². The highest BCUT2D eigenvalue weighted by Crippen LogP contribution is 2.23. The Morgan fingerprint density at radius 3 is 2.45 bits per heavy atom. The van der Waals surface area contributed by atoms with Crippen LogP contribution in [0.15, 0.2) is 39.6 Å². The van der Waals surface area contributed by atoms with Gasteiger partial charge in [-0.3, -0.25) is 4.79 Å². The van der Waals surface area contributed by atoms with E-state index in [1.807, 2.05) is 0 Å². The molecule has 1 heterocycles. The number of alkyl halides is 3. The third kappa shape index (κ3) is 6.87. The molecule has 0 spiro atoms. The first-order valence-corrected chi connectivity index (χ1v) is 9.19. The molecule has 2 aromatic rings. The van der Waals surface area contributed by atoms with Crippen LogP contribution in [0.1, 0.15) is 32.8 Å². The third-order valence-electron chi connectivity index (χ3n) is 3.91. The lowest BCUT2D eigenvalue weighted by Crippen LogP contribution is -2.48. The van der Waals surface area contributed by atoms with E-state index >= 15 is 0 Å². The highest BCUT2D eigenvalue weighted by molar-refractivity contribution is 5.89. The molecular weight excluding hydrogens is 419 g/mol. The summed E-state index contributed by atoms with van der Waals surface area (Å²) in [4.78, 5) is 35.4. The second-order valence-electron chi connectivity index (χ2n) is 7.58. The molecule has 7 nitrogen and oxygen atoms in total. The molecule has 0 aliphatic rings. The lowest BCUT2D eigenvalue weighted by molar-refractivity contribution is -0.177. The van der Waals surface area contributed by atoms with E-state index in [1.54, 1.807) is 38.2 Å². The van der Waals surface area contributed by atoms with Gasteiger partial charge < -0.3 is 19.2 Å². The van der Waals surface area contributed by atoms with Gasteiger partial charge in [-0.15, -0.1) is 0 Å². The maximum atomic E-state index is 12.6. The predicted molar refractivity (Wildman–Crippen MR) is 107 cm³/mol. The zero-order valence-electron chi connectivity index (χ0n) is 17.3. The maximum absolute atomic E-state index is 12.6. The van der Waals surface area contributed by atoms with E-state index in [0.29, 0.717) is 16.7 Å². The Morgan fingerprint density at radius 1 is 1.19 bits per heavy atom. The molecule has 1 unspecified atom stereocenters. The Kier molecular flexibility index (Phi) is 7.14. The molecule has 1 atom stereocenters. The molecule has 1 aromatic carbocycles. The van der Waals surface area contributed by atoms with Crippen molar-refractivity contribution in [1.82, 2.24) is 5.32 Å². The van der Waals surface area contributed by atoms with E-state index in [1.165, 1.54) is 31.4 Å². The average Bonchev–Trinajstić information content (AvgIpc) is 2.64. The molecular formula is C21H22F3NO6. The Morgan fingerprint density at radius 2 is 1.87 bits per heavy atom. The van der Waals surface area contributed by atoms with Gasteiger partial charge in [-0.1, -0.05) is 12.2 Å². The number of methoxy groups -OCH3 is 1. The molecule has 0 radical (unpaired) electrons. The van der Waals surface area contributed by atoms with Crippen LogP contribution in [0.2, 0.25) is 0 Å². The number of halogens is 3. The van der Waals surface area contributed by atoms with Gasteiger partial charge in [0.05, 0.1) is 7.11 Å². The van der Waals surface area contributed by atoms with Crippen molar-refractivity contribution in [2.75, 3.05) is 7.11 Å². The zero-order valence-corrected chi connectivity index (χ0v) is 17.3. The fourth-order valence-electron chi connectivity index (χ4n) is 2.59. The fraction of sp³-hybridized carbons (Fsp3) is 0.381. The van der Waals surface area contributed by atoms with Crippen LogP contribution in [-0.4, -0.2) is 36.8 Å². The van der Waals surface area contributed by atoms with Crippen LogP contribution in [-0.2, 0) is 14.3 Å². The van der Waals surface area contributed by atoms with Gasteiger partial charge in [0.25, 0.3) is 0 Å². The van der Waals surface area contributed by atoms with E-state index in [0.717, 1.165) is 0 Å². The number of hydrogen-bond donors (Lipinski definition) is 1. The summed E-state index contributed by atoms with van der Waals surface area (Å²) in [7, 11) is 1.45. The maximum Gasteiger partial charge on any atom is 0.471 e. The minimum atomic E-state index is -5.16. The zero-order chi connectivity index (χ0) is 23.4. The van der Waals surface area contributed by atoms with Gasteiger partial charge >= 0.3 is 23.7 Å². The lowest BCUT2D eigenvalue weighted by Gasteiger charge is -2.24. The van der Waals surface area contributed by atoms with Crippen LogP contribution in [0.3, 0.4) is 0 Å². The normalized spacial score (nSPS) is 13.3. The fourth-order valence-corrected chi connectivity index (χ4v) is 2.59. The SMILES string of the molecule is COc1ccc2c(/C=C/CC(NC(=O)C(F)(F)F)C(=O)OC(C)(C)C)cc(=O)oc2c1. The van der Waals surface area contributed by atoms with Crippen molar-refractivity contribution in [3.8, 4) is 5.75 Å². The number of rotatable bonds is 6. The summed E-state index contributed by atoms with van der Waals surface area (Å²) in [6.45, 7) is 4.65. The molecule has 31 heavy (non-hydrogen) atoms. The summed E-state index contributed by atoms with van der Waals surface area (Å²) in [5.41, 5.74) is -0.940. The quantitative estimate of drug-likeness (QED) is 0.544. The summed E-state index contributed by atoms with van der Waals surface area (Å²) in [6, 6.07) is 4.43. The molecule has 168 valence electrons. The van der Waals surface area contributed by atoms with E-state index in [4.69, 9.17) is 13.9 Å². The Balaban J connectivity index is 2.30. The number of hydrogen-bond acceptors (Lipinski definition) is 6. The number of ether oxygens (including phenoxy) is 2. The van der Waals surface area contributed by atoms with Gasteiger partial charge in [0, 0.05) is 17.5 Å². The van der Waals surface area contributed by atoms with Crippen LogP contribution < -0.4 is 15.7 Å². The average molecular weight is 441 g/mol. The van der Waals surface area contributed by atoms with Gasteiger partial charge in [0.2, 0.25) is 0 Å². The number of carbonyl (C=O) groups is 2. The second-order valence-corrected chi connectivity index (χ2v) is 7.58. The largest absolute Gasteiger partial charge is 0.497 e. The van der Waals surface area contributed by atoms with Crippen molar-refractivity contribution in [3.63, 3.8) is 0 Å². The van der Waals surface area contributed by atoms with Crippen LogP contribution in [0.5, 0.6) is 5.75 Å². The van der Waals surface area contributed by atoms with Crippen molar-refractivity contribution in [2.45, 2.75) is 45.0 Å². The van der Waals surface area contributed by atoms with Crippen molar-refractivity contribution in [1.29, 1.82) is 0 Å². The van der Waals surface area contributed by atoms with Crippen molar-refractivity contribution in [2.24, 2.45) is 0 Å². The monoisotopic (exact) mass is 441 g/mol. The van der Waals surface area contributed by atoms with Gasteiger partial charge in [0.1, 0.15) is 23.0 Å². The number of esters is 1. The van der Waals surface area contributed by atoms with Crippen LogP contribution in [0.4, 0.5) is 13.2 Å². The minimum Gasteiger partial charge on any atom is -0.497 e. The number of benzene rings is 1. The summed E-state index contributed by atoms with van der Waals surface area (Å²) in [5, 5.41) is 2.19. The molecule has 1 N–H and O–H groups in total. The summed E-state index contributed by atoms with van der Waals surface area (Å²) in [6.07, 6.45) is -2.64. The third-order valence-corrected chi connectivity index (χ3v) is 3.91. The molecule has 0 fully saturated rings. The Hall–Kier alpha value is -3.30. The van der Waals surface area contributed by atoms with Crippen molar-refractivity contribution < 1.29 is 36.7 Å². The van der Waals surface area contributed by atoms with Crippen molar-refractivity contribution >= 4 is 28.9 Å². The first-order valence-electron chi connectivity index (χ1n) is 9.19. The molecule has 0 saturated carbocycles. The Labute approximate surface area is 175 Å². The van der Waals surface area contributed by atoms with Crippen LogP contribution in [0.25, 0.3) is 17.0 Å². The second kappa shape index (κ2) is 9.23. The molecule has 10 heteroatoms. The van der Waals surface area contributed by atoms with Crippen molar-refractivity contribution in [3.05, 3.63) is 46.3 Å². The molecule has 1 amide bonds. The Bertz CT molecular complexity index is 1050. The van der Waals surface area contributed by atoms with Gasteiger partial charge in [-0.25, -0.2) is 9.59 Å². The molecule has 0 bridgehead atoms. The summed E-state index contributed by atoms with van der Waals surface area (Å²) < 4.78 is 53.2. The molecule has 1 aromatic heterocycles. The molecule has 0 aliphatic carbocycles. The van der Waals surface area contributed by atoms with Gasteiger partial charge in [-0.05, 0) is 44.9 Å². The highest BCUT2D eigenvalue weighted by Gasteiger charge is 2.41. The molecule has 0 saturated heterocycles. The predicted octanol–water partition coefficient (Wildman–Crippen LogP) is 3.59. The van der Waals surface area contributed by atoms with E-state index in [-0.39, 0.29) is 12.0 Å². The van der Waals surface area contributed by atoms with E-state index < -0.39 is 35.3 Å². The van der Waals surface area contributed by atoms with E-state index in [2.05, 4.69) is 0 Å². The smallest absolute Gasteiger partial charge is 0.471 e. The van der Waals surface area contributed by atoms with Gasteiger partial charge in [0.15, 0.2) is 0 Å². The highest BCUT2D eigenvalue weighted by atomic mass is 19.4. The topological polar surface area (TPSA) is 94.8 Å². The number of amides is 1. The standard InChI is InChI=1S/C21H22F3NO6/c1-20(2,3)31-18(27)15(25-19(28)21(22,23)24)7-5-6-12-10-17(26)30-16-11-13(29-4)8-9-14(12)16/h5-6,8-11,15H,7H2,1-4H3,(H,25,28)/b6-5+. The first kappa shape index (κ1) is 24.0. The summed E-state index contributed by atoms with van der Waals surface area (Å²) >= 11 is 0. The van der Waals surface area contributed by atoms with E-state index in [9.17, 15) is 27.6 Å². The number of nitrogens with one attached hydrogen (secondary N) is 1. The van der Waals surface area contributed by atoms with Crippen LogP contribution in [0, 0.1) is 0 Å². The lowest BCUT2D eigenvalue weighted by atomic mass is 10.1. The molecule has 0 aliphatic heterocycles. The van der Waals surface area contributed by atoms with Gasteiger partial charge in [-0.2, -0.15) is 13.2 Å². The molecule has 2 rings (SSSR count). The summed E-state index contributed by atoms with van der Waals surface area (Å²) in [5.74, 6) is -2.80. The number of carbonyl (C=O) groups excluding carboxylic acids is 2. The first-order chi connectivity index (χ1) is 14.3.